The molecule has 1 rings (SSSR count). The maximum Gasteiger partial charge on any atom is 0.211 e. The van der Waals surface area contributed by atoms with Crippen molar-refractivity contribution in [3.63, 3.8) is 0 Å². The highest BCUT2D eigenvalue weighted by Crippen LogP contribution is 2.52. The standard InChI is InChI=1S/C8H17NO2S/c1-7(2)8(4-5-8)6-12(10,11)9-3/h7,9H,4-6H2,1-3H3. The second-order valence-electron chi connectivity index (χ2n) is 3.98. The third-order valence-corrected chi connectivity index (χ3v) is 4.48. The molecule has 1 fully saturated rings. The van der Waals surface area contributed by atoms with Crippen LogP contribution in [0.1, 0.15) is 26.7 Å². The predicted molar refractivity (Wildman–Crippen MR) is 49.4 cm³/mol. The largest absolute Gasteiger partial charge is 0.218 e. The Labute approximate surface area is 74.6 Å². The van der Waals surface area contributed by atoms with Gasteiger partial charge in [0, 0.05) is 0 Å². The Morgan fingerprint density at radius 2 is 1.92 bits per heavy atom. The van der Waals surface area contributed by atoms with Crippen LogP contribution in [0.2, 0.25) is 0 Å². The van der Waals surface area contributed by atoms with Gasteiger partial charge in [-0.1, -0.05) is 13.8 Å². The quantitative estimate of drug-likeness (QED) is 0.719. The molecular weight excluding hydrogens is 174 g/mol. The van der Waals surface area contributed by atoms with Crippen molar-refractivity contribution in [3.8, 4) is 0 Å². The average Bonchev–Trinajstić information content (AvgIpc) is 2.69. The Hall–Kier alpha value is -0.0900. The zero-order valence-electron chi connectivity index (χ0n) is 7.92. The van der Waals surface area contributed by atoms with Gasteiger partial charge in [0.1, 0.15) is 0 Å². The van der Waals surface area contributed by atoms with Gasteiger partial charge in [-0.15, -0.1) is 0 Å². The lowest BCUT2D eigenvalue weighted by Gasteiger charge is -2.18. The second-order valence-corrected chi connectivity index (χ2v) is 5.91. The van der Waals surface area contributed by atoms with Crippen LogP contribution in [0.3, 0.4) is 0 Å². The van der Waals surface area contributed by atoms with Crippen LogP contribution in [-0.2, 0) is 10.0 Å². The molecule has 1 saturated carbocycles. The summed E-state index contributed by atoms with van der Waals surface area (Å²) < 4.78 is 24.9. The fraction of sp³-hybridized carbons (Fsp3) is 1.00. The van der Waals surface area contributed by atoms with E-state index in [1.807, 2.05) is 0 Å². The molecule has 0 saturated heterocycles. The molecule has 0 unspecified atom stereocenters. The van der Waals surface area contributed by atoms with Crippen molar-refractivity contribution in [3.05, 3.63) is 0 Å². The summed E-state index contributed by atoms with van der Waals surface area (Å²) in [7, 11) is -1.53. The first kappa shape index (κ1) is 9.99. The Kier molecular flexibility index (Phi) is 2.50. The summed E-state index contributed by atoms with van der Waals surface area (Å²) in [5.41, 5.74) is 0.0852. The molecule has 0 bridgehead atoms. The van der Waals surface area contributed by atoms with Crippen LogP contribution in [-0.4, -0.2) is 21.2 Å². The number of nitrogens with one attached hydrogen (secondary N) is 1. The number of hydrogen-bond donors (Lipinski definition) is 1. The van der Waals surface area contributed by atoms with Crippen molar-refractivity contribution >= 4 is 10.0 Å². The predicted octanol–water partition coefficient (Wildman–Crippen LogP) is 0.972. The molecule has 1 aliphatic rings. The summed E-state index contributed by atoms with van der Waals surface area (Å²) in [6.45, 7) is 4.19. The molecule has 0 aliphatic heterocycles. The van der Waals surface area contributed by atoms with E-state index in [2.05, 4.69) is 18.6 Å². The molecule has 0 atom stereocenters. The lowest BCUT2D eigenvalue weighted by Crippen LogP contribution is -2.30. The van der Waals surface area contributed by atoms with Crippen molar-refractivity contribution in [1.29, 1.82) is 0 Å². The minimum absolute atomic E-state index is 0.0852. The third kappa shape index (κ3) is 1.98. The topological polar surface area (TPSA) is 46.2 Å². The lowest BCUT2D eigenvalue weighted by atomic mass is 9.95. The maximum atomic E-state index is 11.2. The molecule has 4 heteroatoms. The molecule has 12 heavy (non-hydrogen) atoms. The third-order valence-electron chi connectivity index (χ3n) is 2.91. The summed E-state index contributed by atoms with van der Waals surface area (Å²) in [5.74, 6) is 0.773. The minimum Gasteiger partial charge on any atom is -0.218 e. The Balaban J connectivity index is 2.63. The van der Waals surface area contributed by atoms with Gasteiger partial charge in [-0.2, -0.15) is 0 Å². The average molecular weight is 191 g/mol. The molecule has 0 aromatic carbocycles. The van der Waals surface area contributed by atoms with Crippen molar-refractivity contribution in [2.24, 2.45) is 11.3 Å². The van der Waals surface area contributed by atoms with E-state index in [1.54, 1.807) is 0 Å². The first-order valence-electron chi connectivity index (χ1n) is 4.33. The Morgan fingerprint density at radius 3 is 2.17 bits per heavy atom. The molecule has 1 N–H and O–H groups in total. The van der Waals surface area contributed by atoms with E-state index < -0.39 is 10.0 Å². The number of rotatable bonds is 4. The highest BCUT2D eigenvalue weighted by molar-refractivity contribution is 7.89. The molecular formula is C8H17NO2S. The number of sulfonamides is 1. The molecule has 3 nitrogen and oxygen atoms in total. The second kappa shape index (κ2) is 3.00. The highest BCUT2D eigenvalue weighted by Gasteiger charge is 2.48. The zero-order valence-corrected chi connectivity index (χ0v) is 8.74. The molecule has 0 heterocycles. The van der Waals surface area contributed by atoms with Gasteiger partial charge in [-0.05, 0) is 31.2 Å². The Morgan fingerprint density at radius 1 is 1.42 bits per heavy atom. The summed E-state index contributed by atoms with van der Waals surface area (Å²) in [6, 6.07) is 0. The van der Waals surface area contributed by atoms with Crippen LogP contribution in [0, 0.1) is 11.3 Å². The van der Waals surface area contributed by atoms with Crippen molar-refractivity contribution in [2.45, 2.75) is 26.7 Å². The van der Waals surface area contributed by atoms with E-state index in [9.17, 15) is 8.42 Å². The molecule has 0 radical (unpaired) electrons. The van der Waals surface area contributed by atoms with E-state index in [0.717, 1.165) is 12.8 Å². The van der Waals surface area contributed by atoms with Crippen LogP contribution in [0.5, 0.6) is 0 Å². The fourth-order valence-electron chi connectivity index (χ4n) is 1.50. The minimum atomic E-state index is -3.01. The van der Waals surface area contributed by atoms with E-state index in [4.69, 9.17) is 0 Å². The van der Waals surface area contributed by atoms with Crippen molar-refractivity contribution < 1.29 is 8.42 Å². The summed E-state index contributed by atoms with van der Waals surface area (Å²) >= 11 is 0. The van der Waals surface area contributed by atoms with Gasteiger partial charge >= 0.3 is 0 Å². The van der Waals surface area contributed by atoms with Crippen LogP contribution in [0.4, 0.5) is 0 Å². The van der Waals surface area contributed by atoms with Crippen LogP contribution in [0.25, 0.3) is 0 Å². The van der Waals surface area contributed by atoms with Crippen molar-refractivity contribution in [2.75, 3.05) is 12.8 Å². The van der Waals surface area contributed by atoms with E-state index in [-0.39, 0.29) is 5.41 Å². The van der Waals surface area contributed by atoms with Gasteiger partial charge in [-0.3, -0.25) is 0 Å². The lowest BCUT2D eigenvalue weighted by molar-refractivity contribution is 0.395. The SMILES string of the molecule is CNS(=O)(=O)CC1(C(C)C)CC1. The van der Waals surface area contributed by atoms with E-state index in [1.165, 1.54) is 7.05 Å². The monoisotopic (exact) mass is 191 g/mol. The molecule has 0 aromatic rings. The van der Waals surface area contributed by atoms with Crippen LogP contribution < -0.4 is 4.72 Å². The number of hydrogen-bond acceptors (Lipinski definition) is 2. The smallest absolute Gasteiger partial charge is 0.211 e. The van der Waals surface area contributed by atoms with Crippen LogP contribution in [0.15, 0.2) is 0 Å². The van der Waals surface area contributed by atoms with E-state index in [0.29, 0.717) is 11.7 Å². The highest BCUT2D eigenvalue weighted by atomic mass is 32.2. The van der Waals surface area contributed by atoms with Gasteiger partial charge in [0.15, 0.2) is 0 Å². The first-order chi connectivity index (χ1) is 5.42. The summed E-state index contributed by atoms with van der Waals surface area (Å²) in [6.07, 6.45) is 2.12. The maximum absolute atomic E-state index is 11.2. The molecule has 0 amide bonds. The molecule has 0 aromatic heterocycles. The van der Waals surface area contributed by atoms with Crippen molar-refractivity contribution in [1.82, 2.24) is 4.72 Å². The van der Waals surface area contributed by atoms with E-state index >= 15 is 0 Å². The fourth-order valence-corrected chi connectivity index (χ4v) is 3.02. The Bertz CT molecular complexity index is 252. The van der Waals surface area contributed by atoms with Gasteiger partial charge < -0.3 is 0 Å². The summed E-state index contributed by atoms with van der Waals surface area (Å²) in [5, 5.41) is 0. The molecule has 72 valence electrons. The van der Waals surface area contributed by atoms with Gasteiger partial charge in [0.25, 0.3) is 0 Å². The van der Waals surface area contributed by atoms with Gasteiger partial charge in [0.05, 0.1) is 5.75 Å². The first-order valence-corrected chi connectivity index (χ1v) is 5.98. The van der Waals surface area contributed by atoms with Gasteiger partial charge in [0.2, 0.25) is 10.0 Å². The summed E-state index contributed by atoms with van der Waals surface area (Å²) in [4.78, 5) is 0. The molecule has 1 aliphatic carbocycles. The zero-order chi connectivity index (χ0) is 9.41. The van der Waals surface area contributed by atoms with Gasteiger partial charge in [-0.25, -0.2) is 13.1 Å². The molecule has 0 spiro atoms. The normalized spacial score (nSPS) is 21.3. The van der Waals surface area contributed by atoms with Crippen LogP contribution >= 0.6 is 0 Å².